The van der Waals surface area contributed by atoms with Crippen molar-refractivity contribution in [3.05, 3.63) is 29.3 Å². The molecular formula is C14H20N2O2. The summed E-state index contributed by atoms with van der Waals surface area (Å²) in [7, 11) is 0. The lowest BCUT2D eigenvalue weighted by Crippen LogP contribution is -2.43. The molecule has 2 N–H and O–H groups in total. The minimum atomic E-state index is -0.258. The van der Waals surface area contributed by atoms with Gasteiger partial charge in [-0.25, -0.2) is 4.79 Å². The first-order valence-corrected chi connectivity index (χ1v) is 6.33. The summed E-state index contributed by atoms with van der Waals surface area (Å²) in [6, 6.07) is 6.03. The minimum absolute atomic E-state index is 0.258. The van der Waals surface area contributed by atoms with Crippen molar-refractivity contribution < 1.29 is 9.53 Å². The van der Waals surface area contributed by atoms with Crippen LogP contribution < -0.4 is 10.6 Å². The molecule has 1 aromatic carbocycles. The topological polar surface area (TPSA) is 55.6 Å². The number of nitrogens with zero attached hydrogens (tertiary/aromatic N) is 1. The zero-order chi connectivity index (χ0) is 13.1. The number of amides is 1. The number of carbonyl (C=O) groups excluding carboxylic acids is 1. The van der Waals surface area contributed by atoms with E-state index in [4.69, 9.17) is 10.5 Å². The first-order valence-electron chi connectivity index (χ1n) is 6.33. The quantitative estimate of drug-likeness (QED) is 0.892. The molecule has 1 heterocycles. The average Bonchev–Trinajstić information content (AvgIpc) is 2.35. The summed E-state index contributed by atoms with van der Waals surface area (Å²) in [4.78, 5) is 13.5. The number of nitrogens with two attached hydrogens (primary N) is 1. The van der Waals surface area contributed by atoms with Crippen LogP contribution in [0.2, 0.25) is 0 Å². The highest BCUT2D eigenvalue weighted by Gasteiger charge is 2.27. The van der Waals surface area contributed by atoms with Gasteiger partial charge in [0.15, 0.2) is 0 Å². The maximum absolute atomic E-state index is 11.8. The molecule has 0 radical (unpaired) electrons. The smallest absolute Gasteiger partial charge is 0.414 e. The van der Waals surface area contributed by atoms with Crippen molar-refractivity contribution in [3.8, 4) is 0 Å². The molecule has 18 heavy (non-hydrogen) atoms. The van der Waals surface area contributed by atoms with Crippen LogP contribution in [0.4, 0.5) is 10.5 Å². The number of rotatable bonds is 3. The van der Waals surface area contributed by atoms with Gasteiger partial charge in [-0.05, 0) is 50.1 Å². The van der Waals surface area contributed by atoms with Crippen molar-refractivity contribution in [2.24, 2.45) is 11.7 Å². The monoisotopic (exact) mass is 248 g/mol. The summed E-state index contributed by atoms with van der Waals surface area (Å²) in [5.41, 5.74) is 8.88. The molecule has 0 spiro atoms. The Morgan fingerprint density at radius 3 is 2.83 bits per heavy atom. The second kappa shape index (κ2) is 5.40. The zero-order valence-electron chi connectivity index (χ0n) is 11.0. The van der Waals surface area contributed by atoms with Gasteiger partial charge in [-0.3, -0.25) is 4.90 Å². The lowest BCUT2D eigenvalue weighted by Gasteiger charge is -2.32. The molecule has 1 atom stereocenters. The van der Waals surface area contributed by atoms with Crippen LogP contribution in [-0.4, -0.2) is 25.8 Å². The summed E-state index contributed by atoms with van der Waals surface area (Å²) in [6.45, 7) is 5.91. The maximum atomic E-state index is 11.8. The fourth-order valence-electron chi connectivity index (χ4n) is 2.17. The van der Waals surface area contributed by atoms with Crippen LogP contribution in [0.15, 0.2) is 18.2 Å². The number of cyclic esters (lactones) is 1. The second-order valence-corrected chi connectivity index (χ2v) is 4.90. The Hall–Kier alpha value is -1.55. The molecule has 0 aromatic heterocycles. The third-order valence-corrected chi connectivity index (χ3v) is 3.48. The molecule has 1 aliphatic heterocycles. The van der Waals surface area contributed by atoms with Crippen LogP contribution in [0.3, 0.4) is 0 Å². The van der Waals surface area contributed by atoms with Gasteiger partial charge in [0.05, 0.1) is 6.61 Å². The Labute approximate surface area is 108 Å². The van der Waals surface area contributed by atoms with Crippen molar-refractivity contribution in [3.63, 3.8) is 0 Å². The van der Waals surface area contributed by atoms with Gasteiger partial charge in [0.1, 0.15) is 0 Å². The van der Waals surface area contributed by atoms with E-state index < -0.39 is 0 Å². The summed E-state index contributed by atoms with van der Waals surface area (Å²) in [5, 5.41) is 0. The fourth-order valence-corrected chi connectivity index (χ4v) is 2.17. The Balaban J connectivity index is 2.18. The van der Waals surface area contributed by atoms with E-state index in [1.54, 1.807) is 4.90 Å². The lowest BCUT2D eigenvalue weighted by molar-refractivity contribution is 0.113. The number of hydrogen-bond acceptors (Lipinski definition) is 3. The Morgan fingerprint density at radius 2 is 2.17 bits per heavy atom. The normalized spacial score (nSPS) is 19.8. The summed E-state index contributed by atoms with van der Waals surface area (Å²) in [5.74, 6) is 0.328. The van der Waals surface area contributed by atoms with E-state index in [1.165, 1.54) is 11.1 Å². The highest BCUT2D eigenvalue weighted by Crippen LogP contribution is 2.24. The fraction of sp³-hybridized carbons (Fsp3) is 0.500. The van der Waals surface area contributed by atoms with E-state index in [0.717, 1.165) is 12.1 Å². The largest absolute Gasteiger partial charge is 0.449 e. The predicted molar refractivity (Wildman–Crippen MR) is 71.8 cm³/mol. The number of aryl methyl sites for hydroxylation is 2. The molecule has 2 rings (SSSR count). The molecule has 1 unspecified atom stereocenters. The van der Waals surface area contributed by atoms with E-state index in [0.29, 0.717) is 25.6 Å². The van der Waals surface area contributed by atoms with Crippen LogP contribution in [0.1, 0.15) is 17.5 Å². The molecule has 0 bridgehead atoms. The van der Waals surface area contributed by atoms with Crippen LogP contribution >= 0.6 is 0 Å². The van der Waals surface area contributed by atoms with Gasteiger partial charge < -0.3 is 10.5 Å². The number of ether oxygens (including phenoxy) is 1. The number of benzene rings is 1. The van der Waals surface area contributed by atoms with Crippen molar-refractivity contribution in [1.82, 2.24) is 0 Å². The van der Waals surface area contributed by atoms with E-state index >= 15 is 0 Å². The van der Waals surface area contributed by atoms with Gasteiger partial charge in [-0.2, -0.15) is 0 Å². The second-order valence-electron chi connectivity index (χ2n) is 4.90. The van der Waals surface area contributed by atoms with E-state index in [1.807, 2.05) is 25.1 Å². The number of anilines is 1. The standard InChI is InChI=1S/C14H20N2O2/c1-10-3-4-13(7-11(10)2)16-8-12(5-6-15)9-18-14(16)17/h3-4,7,12H,5-6,8-9,15H2,1-2H3. The summed E-state index contributed by atoms with van der Waals surface area (Å²) >= 11 is 0. The highest BCUT2D eigenvalue weighted by atomic mass is 16.6. The van der Waals surface area contributed by atoms with Gasteiger partial charge in [0.2, 0.25) is 0 Å². The molecular weight excluding hydrogens is 228 g/mol. The molecule has 4 heteroatoms. The van der Waals surface area contributed by atoms with Crippen molar-refractivity contribution in [2.75, 3.05) is 24.6 Å². The molecule has 4 nitrogen and oxygen atoms in total. The van der Waals surface area contributed by atoms with Crippen LogP contribution in [0.5, 0.6) is 0 Å². The molecule has 1 aliphatic rings. The SMILES string of the molecule is Cc1ccc(N2CC(CCN)COC2=O)cc1C. The van der Waals surface area contributed by atoms with Crippen molar-refractivity contribution in [1.29, 1.82) is 0 Å². The molecule has 1 aromatic rings. The van der Waals surface area contributed by atoms with E-state index in [9.17, 15) is 4.79 Å². The predicted octanol–water partition coefficient (Wildman–Crippen LogP) is 2.23. The maximum Gasteiger partial charge on any atom is 0.414 e. The summed E-state index contributed by atoms with van der Waals surface area (Å²) < 4.78 is 5.21. The molecule has 0 aliphatic carbocycles. The average molecular weight is 248 g/mol. The minimum Gasteiger partial charge on any atom is -0.449 e. The first-order chi connectivity index (χ1) is 8.61. The number of carbonyl (C=O) groups is 1. The van der Waals surface area contributed by atoms with Gasteiger partial charge >= 0.3 is 6.09 Å². The van der Waals surface area contributed by atoms with Gasteiger partial charge in [-0.15, -0.1) is 0 Å². The Kier molecular flexibility index (Phi) is 3.87. The third-order valence-electron chi connectivity index (χ3n) is 3.48. The third kappa shape index (κ3) is 2.64. The zero-order valence-corrected chi connectivity index (χ0v) is 11.0. The van der Waals surface area contributed by atoms with Gasteiger partial charge in [0.25, 0.3) is 0 Å². The molecule has 98 valence electrons. The van der Waals surface area contributed by atoms with Gasteiger partial charge in [-0.1, -0.05) is 6.07 Å². The van der Waals surface area contributed by atoms with Crippen LogP contribution in [0.25, 0.3) is 0 Å². The Morgan fingerprint density at radius 1 is 1.39 bits per heavy atom. The highest BCUT2D eigenvalue weighted by molar-refractivity contribution is 5.88. The molecule has 0 saturated carbocycles. The summed E-state index contributed by atoms with van der Waals surface area (Å²) in [6.07, 6.45) is 0.626. The molecule has 1 amide bonds. The number of hydrogen-bond donors (Lipinski definition) is 1. The Bertz CT molecular complexity index is 445. The van der Waals surface area contributed by atoms with Crippen molar-refractivity contribution in [2.45, 2.75) is 20.3 Å². The van der Waals surface area contributed by atoms with Crippen molar-refractivity contribution >= 4 is 11.8 Å². The van der Waals surface area contributed by atoms with E-state index in [-0.39, 0.29) is 6.09 Å². The molecule has 1 fully saturated rings. The van der Waals surface area contributed by atoms with E-state index in [2.05, 4.69) is 6.92 Å². The lowest BCUT2D eigenvalue weighted by atomic mass is 10.0. The van der Waals surface area contributed by atoms with Crippen LogP contribution in [-0.2, 0) is 4.74 Å². The van der Waals surface area contributed by atoms with Crippen LogP contribution in [0, 0.1) is 19.8 Å². The first kappa shape index (κ1) is 12.9. The molecule has 1 saturated heterocycles. The van der Waals surface area contributed by atoms with Gasteiger partial charge in [0, 0.05) is 18.2 Å².